The average molecular weight is 486 g/mol. The molecule has 0 radical (unpaired) electrons. The fourth-order valence-corrected chi connectivity index (χ4v) is 4.88. The summed E-state index contributed by atoms with van der Waals surface area (Å²) in [6.07, 6.45) is 5.82. The van der Waals surface area contributed by atoms with E-state index in [9.17, 15) is 14.4 Å². The number of nitrogens with zero attached hydrogens (tertiary/aromatic N) is 3. The minimum atomic E-state index is -1.08. The maximum atomic E-state index is 13.5. The Hall–Kier alpha value is -2.87. The highest BCUT2D eigenvalue weighted by Gasteiger charge is 2.48. The lowest BCUT2D eigenvalue weighted by Gasteiger charge is -2.43. The molecule has 1 saturated carbocycles. The van der Waals surface area contributed by atoms with Crippen LogP contribution in [0, 0.1) is 6.92 Å². The van der Waals surface area contributed by atoms with Gasteiger partial charge < -0.3 is 15.5 Å². The third-order valence-electron chi connectivity index (χ3n) is 6.87. The van der Waals surface area contributed by atoms with Gasteiger partial charge in [-0.15, -0.1) is 0 Å². The van der Waals surface area contributed by atoms with Crippen LogP contribution in [0.15, 0.2) is 24.3 Å². The molecule has 1 aromatic heterocycles. The predicted octanol–water partition coefficient (Wildman–Crippen LogP) is 4.17. The number of fused-ring (bicyclic) bond motifs is 1. The smallest absolute Gasteiger partial charge is 0.276 e. The largest absolute Gasteiger partial charge is 0.351 e. The van der Waals surface area contributed by atoms with Gasteiger partial charge in [0.1, 0.15) is 11.2 Å². The van der Waals surface area contributed by atoms with Crippen molar-refractivity contribution in [3.05, 3.63) is 46.2 Å². The maximum absolute atomic E-state index is 13.5. The number of hydrogen-bond acceptors (Lipinski definition) is 4. The highest BCUT2D eigenvalue weighted by atomic mass is 35.5. The molecule has 8 nitrogen and oxygen atoms in total. The molecular formula is C25H32ClN5O3. The second-order valence-electron chi connectivity index (χ2n) is 9.53. The van der Waals surface area contributed by atoms with Crippen LogP contribution in [-0.2, 0) is 11.3 Å². The summed E-state index contributed by atoms with van der Waals surface area (Å²) in [4.78, 5) is 41.4. The number of carbonyl (C=O) groups excluding carboxylic acids is 3. The van der Waals surface area contributed by atoms with Gasteiger partial charge in [-0.25, -0.2) is 0 Å². The number of anilines is 1. The van der Waals surface area contributed by atoms with Crippen LogP contribution in [0.4, 0.5) is 5.69 Å². The van der Waals surface area contributed by atoms with E-state index in [0.29, 0.717) is 22.9 Å². The summed E-state index contributed by atoms with van der Waals surface area (Å²) >= 11 is 6.17. The Morgan fingerprint density at radius 3 is 2.65 bits per heavy atom. The van der Waals surface area contributed by atoms with E-state index in [-0.39, 0.29) is 30.1 Å². The van der Waals surface area contributed by atoms with E-state index in [2.05, 4.69) is 15.7 Å². The molecule has 2 aromatic rings. The zero-order valence-electron chi connectivity index (χ0n) is 20.0. The summed E-state index contributed by atoms with van der Waals surface area (Å²) in [5, 5.41) is 10.9. The molecule has 1 aliphatic carbocycles. The van der Waals surface area contributed by atoms with Gasteiger partial charge in [-0.05, 0) is 50.8 Å². The summed E-state index contributed by atoms with van der Waals surface area (Å²) in [6.45, 7) is 6.39. The van der Waals surface area contributed by atoms with Gasteiger partial charge in [0.05, 0.1) is 6.54 Å². The molecule has 2 aliphatic rings. The SMILES string of the molecule is CCCCN1C(=O)c2cc(C(=O)Nc3ccc(C)c(Cl)c3)nn2C[C@]1(C)C(=O)NC1CCCC1. The normalized spacial score (nSPS) is 20.4. The lowest BCUT2D eigenvalue weighted by molar-refractivity contribution is -0.133. The first-order valence-electron chi connectivity index (χ1n) is 12.0. The van der Waals surface area contributed by atoms with Crippen molar-refractivity contribution in [3.63, 3.8) is 0 Å². The van der Waals surface area contributed by atoms with Crippen molar-refractivity contribution in [2.45, 2.75) is 77.4 Å². The van der Waals surface area contributed by atoms with Crippen molar-refractivity contribution in [1.82, 2.24) is 20.0 Å². The van der Waals surface area contributed by atoms with Crippen LogP contribution in [0.1, 0.15) is 78.9 Å². The van der Waals surface area contributed by atoms with Crippen LogP contribution in [0.3, 0.4) is 0 Å². The average Bonchev–Trinajstić information content (AvgIpc) is 3.46. The Kier molecular flexibility index (Phi) is 6.98. The topological polar surface area (TPSA) is 96.3 Å². The highest BCUT2D eigenvalue weighted by Crippen LogP contribution is 2.29. The molecule has 2 N–H and O–H groups in total. The van der Waals surface area contributed by atoms with E-state index in [1.807, 2.05) is 19.9 Å². The van der Waals surface area contributed by atoms with Crippen LogP contribution in [0.25, 0.3) is 0 Å². The molecule has 34 heavy (non-hydrogen) atoms. The number of benzene rings is 1. The number of rotatable bonds is 7. The minimum Gasteiger partial charge on any atom is -0.351 e. The lowest BCUT2D eigenvalue weighted by atomic mass is 9.94. The second kappa shape index (κ2) is 9.78. The Labute approximate surface area is 205 Å². The third kappa shape index (κ3) is 4.69. The van der Waals surface area contributed by atoms with Crippen LogP contribution < -0.4 is 10.6 Å². The van der Waals surface area contributed by atoms with Crippen molar-refractivity contribution < 1.29 is 14.4 Å². The van der Waals surface area contributed by atoms with E-state index in [1.165, 1.54) is 10.7 Å². The van der Waals surface area contributed by atoms with Crippen LogP contribution in [0.2, 0.25) is 5.02 Å². The molecule has 1 atom stereocenters. The molecule has 1 aliphatic heterocycles. The molecule has 0 bridgehead atoms. The number of aromatic nitrogens is 2. The van der Waals surface area contributed by atoms with Crippen molar-refractivity contribution in [3.8, 4) is 0 Å². The first-order valence-corrected chi connectivity index (χ1v) is 12.4. The predicted molar refractivity (Wildman–Crippen MR) is 131 cm³/mol. The first kappa shape index (κ1) is 24.3. The van der Waals surface area contributed by atoms with Gasteiger partial charge in [0.2, 0.25) is 5.91 Å². The Morgan fingerprint density at radius 2 is 1.97 bits per heavy atom. The maximum Gasteiger partial charge on any atom is 0.276 e. The molecule has 0 unspecified atom stereocenters. The van der Waals surface area contributed by atoms with Gasteiger partial charge in [-0.2, -0.15) is 5.10 Å². The number of halogens is 1. The van der Waals surface area contributed by atoms with Crippen LogP contribution >= 0.6 is 11.6 Å². The lowest BCUT2D eigenvalue weighted by Crippen LogP contribution is -2.65. The zero-order valence-corrected chi connectivity index (χ0v) is 20.7. The summed E-state index contributed by atoms with van der Waals surface area (Å²) in [6, 6.07) is 6.90. The van der Waals surface area contributed by atoms with E-state index in [1.54, 1.807) is 24.0 Å². The van der Waals surface area contributed by atoms with Crippen LogP contribution in [-0.4, -0.2) is 50.5 Å². The van der Waals surface area contributed by atoms with Gasteiger partial charge in [-0.1, -0.05) is 43.9 Å². The molecule has 182 valence electrons. The van der Waals surface area contributed by atoms with Gasteiger partial charge in [0.15, 0.2) is 5.69 Å². The summed E-state index contributed by atoms with van der Waals surface area (Å²) in [7, 11) is 0. The quantitative estimate of drug-likeness (QED) is 0.615. The summed E-state index contributed by atoms with van der Waals surface area (Å²) in [5.74, 6) is -0.883. The van der Waals surface area contributed by atoms with Gasteiger partial charge >= 0.3 is 0 Å². The minimum absolute atomic E-state index is 0.121. The second-order valence-corrected chi connectivity index (χ2v) is 9.94. The monoisotopic (exact) mass is 485 g/mol. The van der Waals surface area contributed by atoms with Gasteiger partial charge in [0, 0.05) is 29.4 Å². The van der Waals surface area contributed by atoms with Gasteiger partial charge in [0.25, 0.3) is 11.8 Å². The van der Waals surface area contributed by atoms with E-state index in [4.69, 9.17) is 11.6 Å². The number of nitrogens with one attached hydrogen (secondary N) is 2. The molecule has 4 rings (SSSR count). The molecule has 0 spiro atoms. The number of hydrogen-bond donors (Lipinski definition) is 2. The molecule has 2 heterocycles. The van der Waals surface area contributed by atoms with Crippen molar-refractivity contribution in [1.29, 1.82) is 0 Å². The van der Waals surface area contributed by atoms with Crippen LogP contribution in [0.5, 0.6) is 0 Å². The Morgan fingerprint density at radius 1 is 1.24 bits per heavy atom. The Balaban J connectivity index is 1.59. The summed E-state index contributed by atoms with van der Waals surface area (Å²) in [5.41, 5.74) is 0.810. The van der Waals surface area contributed by atoms with E-state index < -0.39 is 11.4 Å². The highest BCUT2D eigenvalue weighted by molar-refractivity contribution is 6.31. The molecule has 1 fully saturated rings. The zero-order chi connectivity index (χ0) is 24.5. The molecule has 1 aromatic carbocycles. The van der Waals surface area contributed by atoms with E-state index in [0.717, 1.165) is 44.1 Å². The standard InChI is InChI=1S/C25H32ClN5O3/c1-4-5-12-30-23(33)21-14-20(22(32)27-18-11-10-16(2)19(26)13-18)29-31(21)15-25(30,3)24(34)28-17-8-6-7-9-17/h10-11,13-14,17H,4-9,12,15H2,1-3H3,(H,27,32)(H,28,34)/t25-/m1/s1. The third-order valence-corrected chi connectivity index (χ3v) is 7.28. The van der Waals surface area contributed by atoms with Gasteiger partial charge in [-0.3, -0.25) is 19.1 Å². The molecule has 9 heteroatoms. The number of amides is 3. The Bertz CT molecular complexity index is 1110. The van der Waals surface area contributed by atoms with E-state index >= 15 is 0 Å². The fourth-order valence-electron chi connectivity index (χ4n) is 4.70. The first-order chi connectivity index (χ1) is 16.2. The number of unbranched alkanes of at least 4 members (excludes halogenated alkanes) is 1. The molecule has 0 saturated heterocycles. The fraction of sp³-hybridized carbons (Fsp3) is 0.520. The summed E-state index contributed by atoms with van der Waals surface area (Å²) < 4.78 is 1.50. The van der Waals surface area contributed by atoms with Crippen molar-refractivity contribution in [2.75, 3.05) is 11.9 Å². The number of carbonyl (C=O) groups is 3. The van der Waals surface area contributed by atoms with Crippen molar-refractivity contribution in [2.24, 2.45) is 0 Å². The molecular weight excluding hydrogens is 454 g/mol. The molecule has 3 amide bonds. The number of aryl methyl sites for hydroxylation is 1. The van der Waals surface area contributed by atoms with Crippen molar-refractivity contribution >= 4 is 35.0 Å².